The molecular formula is C23H25N3O3. The molecule has 1 saturated heterocycles. The summed E-state index contributed by atoms with van der Waals surface area (Å²) in [4.78, 5) is 41.4. The Hall–Kier alpha value is -3.15. The van der Waals surface area contributed by atoms with Crippen LogP contribution in [0.25, 0.3) is 0 Å². The number of urea groups is 1. The maximum Gasteiger partial charge on any atom is 0.325 e. The fraction of sp³-hybridized carbons (Fsp3) is 0.348. The molecule has 1 heterocycles. The van der Waals surface area contributed by atoms with Crippen molar-refractivity contribution in [2.75, 3.05) is 13.6 Å². The van der Waals surface area contributed by atoms with E-state index in [0.717, 1.165) is 40.0 Å². The minimum atomic E-state index is -1.04. The van der Waals surface area contributed by atoms with Crippen LogP contribution in [0.4, 0.5) is 4.79 Å². The van der Waals surface area contributed by atoms with Crippen molar-refractivity contribution in [3.8, 4) is 0 Å². The fourth-order valence-corrected chi connectivity index (χ4v) is 4.34. The van der Waals surface area contributed by atoms with Crippen molar-refractivity contribution in [1.82, 2.24) is 15.1 Å². The predicted octanol–water partition coefficient (Wildman–Crippen LogP) is 2.74. The van der Waals surface area contributed by atoms with Crippen LogP contribution < -0.4 is 5.32 Å². The molecule has 1 spiro atoms. The van der Waals surface area contributed by atoms with Crippen molar-refractivity contribution in [1.29, 1.82) is 0 Å². The van der Waals surface area contributed by atoms with Gasteiger partial charge in [0.15, 0.2) is 0 Å². The molecule has 1 aliphatic heterocycles. The molecule has 2 aromatic carbocycles. The van der Waals surface area contributed by atoms with Gasteiger partial charge in [0, 0.05) is 13.6 Å². The minimum absolute atomic E-state index is 0.253. The van der Waals surface area contributed by atoms with Crippen LogP contribution in [-0.2, 0) is 28.1 Å². The molecule has 6 nitrogen and oxygen atoms in total. The predicted molar refractivity (Wildman–Crippen MR) is 109 cm³/mol. The van der Waals surface area contributed by atoms with Crippen molar-refractivity contribution in [3.05, 3.63) is 70.8 Å². The standard InChI is InChI=1S/C23H25N3O3/c1-16-8-3-4-10-18(16)14-25(2)20(27)15-26-21(28)23(24-22(26)29)13-7-11-17-9-5-6-12-19(17)23/h3-6,8-10,12H,7,11,13-15H2,1-2H3,(H,24,29)/t23-/m1/s1. The van der Waals surface area contributed by atoms with E-state index >= 15 is 0 Å². The van der Waals surface area contributed by atoms with Crippen LogP contribution in [-0.4, -0.2) is 41.2 Å². The average molecular weight is 391 g/mol. The van der Waals surface area contributed by atoms with Crippen molar-refractivity contribution in [2.45, 2.75) is 38.3 Å². The third-order valence-electron chi connectivity index (χ3n) is 6.04. The number of benzene rings is 2. The van der Waals surface area contributed by atoms with Crippen LogP contribution in [0.2, 0.25) is 0 Å². The van der Waals surface area contributed by atoms with Gasteiger partial charge in [-0.1, -0.05) is 48.5 Å². The summed E-state index contributed by atoms with van der Waals surface area (Å²) in [6.45, 7) is 2.18. The zero-order valence-corrected chi connectivity index (χ0v) is 16.8. The average Bonchev–Trinajstić information content (AvgIpc) is 2.94. The Labute approximate surface area is 170 Å². The molecule has 2 aromatic rings. The Morgan fingerprint density at radius 1 is 1.14 bits per heavy atom. The number of fused-ring (bicyclic) bond motifs is 2. The molecule has 1 N–H and O–H groups in total. The molecule has 4 amide bonds. The molecule has 1 aliphatic carbocycles. The SMILES string of the molecule is Cc1ccccc1CN(C)C(=O)CN1C(=O)N[C@@]2(CCCc3ccccc32)C1=O. The third kappa shape index (κ3) is 3.28. The van der Waals surface area contributed by atoms with Crippen LogP contribution in [0.5, 0.6) is 0 Å². The summed E-state index contributed by atoms with van der Waals surface area (Å²) in [5, 5.41) is 2.90. The van der Waals surface area contributed by atoms with E-state index in [4.69, 9.17) is 0 Å². The molecule has 1 atom stereocenters. The fourth-order valence-electron chi connectivity index (χ4n) is 4.34. The number of aryl methyl sites for hydroxylation is 2. The first-order valence-electron chi connectivity index (χ1n) is 9.93. The molecule has 0 unspecified atom stereocenters. The summed E-state index contributed by atoms with van der Waals surface area (Å²) >= 11 is 0. The van der Waals surface area contributed by atoms with Crippen molar-refractivity contribution < 1.29 is 14.4 Å². The molecule has 0 aromatic heterocycles. The molecule has 2 aliphatic rings. The maximum absolute atomic E-state index is 13.3. The van der Waals surface area contributed by atoms with Gasteiger partial charge in [-0.05, 0) is 48.4 Å². The highest BCUT2D eigenvalue weighted by atomic mass is 16.2. The van der Waals surface area contributed by atoms with E-state index in [1.54, 1.807) is 11.9 Å². The number of likely N-dealkylation sites (N-methyl/N-ethyl adjacent to an activating group) is 1. The zero-order valence-electron chi connectivity index (χ0n) is 16.8. The number of hydrogen-bond donors (Lipinski definition) is 1. The highest BCUT2D eigenvalue weighted by molar-refractivity contribution is 6.09. The van der Waals surface area contributed by atoms with Gasteiger partial charge in [-0.15, -0.1) is 0 Å². The Balaban J connectivity index is 1.52. The number of amides is 4. The first-order chi connectivity index (χ1) is 13.9. The van der Waals surface area contributed by atoms with E-state index in [0.29, 0.717) is 13.0 Å². The summed E-state index contributed by atoms with van der Waals surface area (Å²) in [5.41, 5.74) is 3.03. The Bertz CT molecular complexity index is 987. The monoisotopic (exact) mass is 391 g/mol. The smallest absolute Gasteiger partial charge is 0.325 e. The normalized spacial score (nSPS) is 20.6. The van der Waals surface area contributed by atoms with Gasteiger partial charge in [-0.25, -0.2) is 4.79 Å². The molecule has 4 rings (SSSR count). The van der Waals surface area contributed by atoms with Crippen molar-refractivity contribution in [2.24, 2.45) is 0 Å². The topological polar surface area (TPSA) is 69.7 Å². The number of nitrogens with zero attached hydrogens (tertiary/aromatic N) is 2. The summed E-state index contributed by atoms with van der Waals surface area (Å²) in [5.74, 6) is -0.592. The first-order valence-corrected chi connectivity index (χ1v) is 9.93. The van der Waals surface area contributed by atoms with Gasteiger partial charge >= 0.3 is 6.03 Å². The number of hydrogen-bond acceptors (Lipinski definition) is 3. The van der Waals surface area contributed by atoms with Gasteiger partial charge in [0.1, 0.15) is 12.1 Å². The Kier molecular flexibility index (Phi) is 4.86. The minimum Gasteiger partial charge on any atom is -0.340 e. The lowest BCUT2D eigenvalue weighted by atomic mass is 9.76. The molecular weight excluding hydrogens is 366 g/mol. The Morgan fingerprint density at radius 3 is 2.66 bits per heavy atom. The van der Waals surface area contributed by atoms with Crippen molar-refractivity contribution >= 4 is 17.8 Å². The summed E-state index contributed by atoms with van der Waals surface area (Å²) in [6.07, 6.45) is 2.26. The summed E-state index contributed by atoms with van der Waals surface area (Å²) in [7, 11) is 1.69. The lowest BCUT2D eigenvalue weighted by Gasteiger charge is -2.33. The lowest BCUT2D eigenvalue weighted by Crippen LogP contribution is -2.47. The third-order valence-corrected chi connectivity index (χ3v) is 6.04. The number of imide groups is 1. The molecule has 1 fully saturated rings. The van der Waals surface area contributed by atoms with Gasteiger partial charge in [0.25, 0.3) is 5.91 Å². The van der Waals surface area contributed by atoms with Crippen LogP contribution in [0.1, 0.15) is 35.1 Å². The zero-order chi connectivity index (χ0) is 20.6. The van der Waals surface area contributed by atoms with E-state index < -0.39 is 11.6 Å². The second-order valence-electron chi connectivity index (χ2n) is 7.91. The largest absolute Gasteiger partial charge is 0.340 e. The summed E-state index contributed by atoms with van der Waals surface area (Å²) < 4.78 is 0. The number of carbonyl (C=O) groups is 3. The van der Waals surface area contributed by atoms with Gasteiger partial charge in [0.2, 0.25) is 5.91 Å². The molecule has 0 saturated carbocycles. The van der Waals surface area contributed by atoms with Gasteiger partial charge < -0.3 is 10.2 Å². The van der Waals surface area contributed by atoms with E-state index in [2.05, 4.69) is 5.32 Å². The molecule has 0 radical (unpaired) electrons. The van der Waals surface area contributed by atoms with E-state index in [-0.39, 0.29) is 18.4 Å². The number of carbonyl (C=O) groups excluding carboxylic acids is 3. The van der Waals surface area contributed by atoms with Crippen LogP contribution in [0, 0.1) is 6.92 Å². The highest BCUT2D eigenvalue weighted by Crippen LogP contribution is 2.39. The maximum atomic E-state index is 13.3. The van der Waals surface area contributed by atoms with E-state index in [1.807, 2.05) is 55.5 Å². The van der Waals surface area contributed by atoms with Crippen LogP contribution in [0.3, 0.4) is 0 Å². The molecule has 0 bridgehead atoms. The first kappa shape index (κ1) is 19.2. The number of rotatable bonds is 4. The molecule has 29 heavy (non-hydrogen) atoms. The second kappa shape index (κ2) is 7.35. The Morgan fingerprint density at radius 2 is 1.86 bits per heavy atom. The lowest BCUT2D eigenvalue weighted by molar-refractivity contribution is -0.139. The second-order valence-corrected chi connectivity index (χ2v) is 7.91. The quantitative estimate of drug-likeness (QED) is 0.815. The van der Waals surface area contributed by atoms with E-state index in [9.17, 15) is 14.4 Å². The van der Waals surface area contributed by atoms with Crippen LogP contribution >= 0.6 is 0 Å². The van der Waals surface area contributed by atoms with E-state index in [1.165, 1.54) is 0 Å². The number of nitrogens with one attached hydrogen (secondary N) is 1. The summed E-state index contributed by atoms with van der Waals surface area (Å²) in [6, 6.07) is 15.1. The van der Waals surface area contributed by atoms with Gasteiger partial charge in [0.05, 0.1) is 0 Å². The van der Waals surface area contributed by atoms with Gasteiger partial charge in [-0.3, -0.25) is 14.5 Å². The van der Waals surface area contributed by atoms with Crippen molar-refractivity contribution in [3.63, 3.8) is 0 Å². The highest BCUT2D eigenvalue weighted by Gasteiger charge is 2.54. The van der Waals surface area contributed by atoms with Crippen LogP contribution in [0.15, 0.2) is 48.5 Å². The molecule has 150 valence electrons. The van der Waals surface area contributed by atoms with Gasteiger partial charge in [-0.2, -0.15) is 0 Å². The molecule has 6 heteroatoms.